The van der Waals surface area contributed by atoms with E-state index in [0.29, 0.717) is 17.5 Å². The highest BCUT2D eigenvalue weighted by Crippen LogP contribution is 2.25. The van der Waals surface area contributed by atoms with Crippen LogP contribution in [0.15, 0.2) is 84.9 Å². The van der Waals surface area contributed by atoms with Gasteiger partial charge in [0.2, 0.25) is 0 Å². The molecule has 0 saturated heterocycles. The summed E-state index contributed by atoms with van der Waals surface area (Å²) in [4.78, 5) is 24.3. The molecule has 0 amide bonds. The van der Waals surface area contributed by atoms with E-state index >= 15 is 0 Å². The molecule has 0 aromatic heterocycles. The molecule has 4 nitrogen and oxygen atoms in total. The lowest BCUT2D eigenvalue weighted by atomic mass is 9.97. The smallest absolute Gasteiger partial charge is 0.337 e. The van der Waals surface area contributed by atoms with Gasteiger partial charge in [-0.25, -0.2) is 4.79 Å². The van der Waals surface area contributed by atoms with E-state index in [1.807, 2.05) is 72.8 Å². The Morgan fingerprint density at radius 2 is 1.41 bits per heavy atom. The molecule has 0 unspecified atom stereocenters. The van der Waals surface area contributed by atoms with Crippen molar-refractivity contribution in [3.8, 4) is 0 Å². The van der Waals surface area contributed by atoms with Crippen LogP contribution in [0.1, 0.15) is 38.7 Å². The number of esters is 1. The van der Waals surface area contributed by atoms with Gasteiger partial charge in [-0.15, -0.1) is 0 Å². The summed E-state index contributed by atoms with van der Waals surface area (Å²) >= 11 is 0. The van der Waals surface area contributed by atoms with Crippen molar-refractivity contribution in [1.82, 2.24) is 0 Å². The van der Waals surface area contributed by atoms with Gasteiger partial charge in [-0.1, -0.05) is 60.7 Å². The molecule has 27 heavy (non-hydrogen) atoms. The summed E-state index contributed by atoms with van der Waals surface area (Å²) in [6, 6.07) is 26.0. The Labute approximate surface area is 158 Å². The quantitative estimate of drug-likeness (QED) is 0.481. The van der Waals surface area contributed by atoms with Gasteiger partial charge in [-0.05, 0) is 29.8 Å². The summed E-state index contributed by atoms with van der Waals surface area (Å²) in [5, 5.41) is 3.41. The van der Waals surface area contributed by atoms with Gasteiger partial charge in [-0.2, -0.15) is 0 Å². The predicted octanol–water partition coefficient (Wildman–Crippen LogP) is 4.90. The molecule has 0 aliphatic rings. The number of nitrogens with one attached hydrogen (secondary N) is 1. The van der Waals surface area contributed by atoms with Crippen LogP contribution in [0, 0.1) is 0 Å². The molecular formula is C23H21NO3. The van der Waals surface area contributed by atoms with Crippen LogP contribution in [-0.2, 0) is 4.74 Å². The second kappa shape index (κ2) is 8.81. The fourth-order valence-corrected chi connectivity index (χ4v) is 2.89. The Kier molecular flexibility index (Phi) is 6.00. The summed E-state index contributed by atoms with van der Waals surface area (Å²) in [6.45, 7) is 0. The summed E-state index contributed by atoms with van der Waals surface area (Å²) in [6.07, 6.45) is 0.326. The highest BCUT2D eigenvalue weighted by molar-refractivity contribution is 5.96. The molecule has 3 aromatic carbocycles. The second-order valence-electron chi connectivity index (χ2n) is 6.17. The standard InChI is InChI=1S/C23H21NO3/c1-27-23(26)19-12-14-20(15-13-19)24-21(17-8-4-2-5-9-17)16-22(25)18-10-6-3-7-11-18/h2-15,21,24H,16H2,1H3/t21-/m1/s1. The highest BCUT2D eigenvalue weighted by Gasteiger charge is 2.17. The second-order valence-corrected chi connectivity index (χ2v) is 6.17. The lowest BCUT2D eigenvalue weighted by Gasteiger charge is -2.20. The highest BCUT2D eigenvalue weighted by atomic mass is 16.5. The monoisotopic (exact) mass is 359 g/mol. The Bertz CT molecular complexity index is 890. The lowest BCUT2D eigenvalue weighted by Crippen LogP contribution is -2.16. The first kappa shape index (κ1) is 18.4. The number of Topliss-reactive ketones (excluding diaryl/α,β-unsaturated/α-hetero) is 1. The van der Waals surface area contributed by atoms with E-state index < -0.39 is 0 Å². The topological polar surface area (TPSA) is 55.4 Å². The van der Waals surface area contributed by atoms with E-state index in [1.165, 1.54) is 7.11 Å². The molecule has 1 N–H and O–H groups in total. The maximum Gasteiger partial charge on any atom is 0.337 e. The minimum Gasteiger partial charge on any atom is -0.465 e. The Hall–Kier alpha value is -3.40. The van der Waals surface area contributed by atoms with Crippen LogP contribution in [0.3, 0.4) is 0 Å². The minimum atomic E-state index is -0.375. The molecule has 4 heteroatoms. The van der Waals surface area contributed by atoms with E-state index in [4.69, 9.17) is 4.74 Å². The fraction of sp³-hybridized carbons (Fsp3) is 0.130. The minimum absolute atomic E-state index is 0.0723. The van der Waals surface area contributed by atoms with Crippen molar-refractivity contribution in [2.45, 2.75) is 12.5 Å². The number of carbonyl (C=O) groups excluding carboxylic acids is 2. The first-order chi connectivity index (χ1) is 13.2. The van der Waals surface area contributed by atoms with E-state index in [-0.39, 0.29) is 17.8 Å². The summed E-state index contributed by atoms with van der Waals surface area (Å²) in [7, 11) is 1.36. The maximum atomic E-state index is 12.7. The summed E-state index contributed by atoms with van der Waals surface area (Å²) in [5.74, 6) is -0.302. The van der Waals surface area contributed by atoms with Crippen LogP contribution in [0.5, 0.6) is 0 Å². The molecule has 3 aromatic rings. The molecule has 0 saturated carbocycles. The van der Waals surface area contributed by atoms with Gasteiger partial charge in [0, 0.05) is 17.7 Å². The van der Waals surface area contributed by atoms with Crippen LogP contribution >= 0.6 is 0 Å². The van der Waals surface area contributed by atoms with Gasteiger partial charge in [0.05, 0.1) is 18.7 Å². The average molecular weight is 359 g/mol. The maximum absolute atomic E-state index is 12.7. The van der Waals surface area contributed by atoms with Crippen molar-refractivity contribution in [2.24, 2.45) is 0 Å². The van der Waals surface area contributed by atoms with Gasteiger partial charge >= 0.3 is 5.97 Å². The number of ketones is 1. The molecular weight excluding hydrogens is 338 g/mol. The molecule has 136 valence electrons. The van der Waals surface area contributed by atoms with E-state index in [2.05, 4.69) is 5.32 Å². The molecule has 0 spiro atoms. The zero-order valence-corrected chi connectivity index (χ0v) is 15.1. The van der Waals surface area contributed by atoms with Crippen molar-refractivity contribution in [3.05, 3.63) is 102 Å². The number of methoxy groups -OCH3 is 1. The van der Waals surface area contributed by atoms with Crippen LogP contribution in [-0.4, -0.2) is 18.9 Å². The van der Waals surface area contributed by atoms with Crippen LogP contribution in [0.4, 0.5) is 5.69 Å². The summed E-state index contributed by atoms with van der Waals surface area (Å²) < 4.78 is 4.72. The third-order valence-corrected chi connectivity index (χ3v) is 4.33. The van der Waals surface area contributed by atoms with Crippen molar-refractivity contribution >= 4 is 17.4 Å². The van der Waals surface area contributed by atoms with Crippen LogP contribution in [0.2, 0.25) is 0 Å². The zero-order chi connectivity index (χ0) is 19.1. The molecule has 3 rings (SSSR count). The number of rotatable bonds is 7. The van der Waals surface area contributed by atoms with Gasteiger partial charge < -0.3 is 10.1 Å². The van der Waals surface area contributed by atoms with Crippen LogP contribution < -0.4 is 5.32 Å². The van der Waals surface area contributed by atoms with E-state index in [1.54, 1.807) is 12.1 Å². The average Bonchev–Trinajstić information content (AvgIpc) is 2.74. The van der Waals surface area contributed by atoms with Gasteiger partial charge in [-0.3, -0.25) is 4.79 Å². The number of hydrogen-bond acceptors (Lipinski definition) is 4. The molecule has 0 heterocycles. The number of anilines is 1. The molecule has 0 radical (unpaired) electrons. The third-order valence-electron chi connectivity index (χ3n) is 4.33. The van der Waals surface area contributed by atoms with Crippen LogP contribution in [0.25, 0.3) is 0 Å². The first-order valence-electron chi connectivity index (χ1n) is 8.75. The Morgan fingerprint density at radius 3 is 2.00 bits per heavy atom. The zero-order valence-electron chi connectivity index (χ0n) is 15.1. The largest absolute Gasteiger partial charge is 0.465 e. The molecule has 0 bridgehead atoms. The normalized spacial score (nSPS) is 11.4. The molecule has 0 fully saturated rings. The predicted molar refractivity (Wildman–Crippen MR) is 106 cm³/mol. The van der Waals surface area contributed by atoms with Crippen molar-refractivity contribution in [1.29, 1.82) is 0 Å². The number of ether oxygens (including phenoxy) is 1. The van der Waals surface area contributed by atoms with Gasteiger partial charge in [0.25, 0.3) is 0 Å². The van der Waals surface area contributed by atoms with Gasteiger partial charge in [0.1, 0.15) is 0 Å². The molecule has 0 aliphatic heterocycles. The molecule has 0 aliphatic carbocycles. The van der Waals surface area contributed by atoms with E-state index in [9.17, 15) is 9.59 Å². The first-order valence-corrected chi connectivity index (χ1v) is 8.75. The van der Waals surface area contributed by atoms with Gasteiger partial charge in [0.15, 0.2) is 5.78 Å². The SMILES string of the molecule is COC(=O)c1ccc(N[C@H](CC(=O)c2ccccc2)c2ccccc2)cc1. The Balaban J connectivity index is 1.80. The number of benzene rings is 3. The number of carbonyl (C=O) groups is 2. The van der Waals surface area contributed by atoms with E-state index in [0.717, 1.165) is 11.3 Å². The fourth-order valence-electron chi connectivity index (χ4n) is 2.89. The lowest BCUT2D eigenvalue weighted by molar-refractivity contribution is 0.0600. The van der Waals surface area contributed by atoms with Crippen molar-refractivity contribution in [2.75, 3.05) is 12.4 Å². The molecule has 1 atom stereocenters. The summed E-state index contributed by atoms with van der Waals surface area (Å²) in [5.41, 5.74) is 3.04. The third kappa shape index (κ3) is 4.82. The van der Waals surface area contributed by atoms with Crippen molar-refractivity contribution in [3.63, 3.8) is 0 Å². The number of hydrogen-bond donors (Lipinski definition) is 1. The van der Waals surface area contributed by atoms with Crippen molar-refractivity contribution < 1.29 is 14.3 Å². The Morgan fingerprint density at radius 1 is 0.815 bits per heavy atom.